The first kappa shape index (κ1) is 12.7. The molecule has 18 heavy (non-hydrogen) atoms. The largest absolute Gasteiger partial charge is 0.504 e. The van der Waals surface area contributed by atoms with Crippen LogP contribution in [-0.2, 0) is 11.3 Å². The molecule has 5 heteroatoms. The second-order valence-corrected chi connectivity index (χ2v) is 4.82. The van der Waals surface area contributed by atoms with Gasteiger partial charge in [0.1, 0.15) is 0 Å². The first-order valence-corrected chi connectivity index (χ1v) is 5.86. The number of amides is 1. The highest BCUT2D eigenvalue weighted by atomic mass is 16.5. The summed E-state index contributed by atoms with van der Waals surface area (Å²) in [5.74, 6) is 0.462. The van der Waals surface area contributed by atoms with Gasteiger partial charge in [-0.3, -0.25) is 4.79 Å². The first-order chi connectivity index (χ1) is 8.46. The number of benzene rings is 1. The highest BCUT2D eigenvalue weighted by molar-refractivity contribution is 5.88. The van der Waals surface area contributed by atoms with E-state index in [0.717, 1.165) is 18.4 Å². The van der Waals surface area contributed by atoms with Gasteiger partial charge < -0.3 is 20.5 Å². The van der Waals surface area contributed by atoms with Gasteiger partial charge in [-0.1, -0.05) is 6.07 Å². The minimum Gasteiger partial charge on any atom is -0.504 e. The molecule has 1 aliphatic carbocycles. The molecule has 0 saturated heterocycles. The van der Waals surface area contributed by atoms with Crippen LogP contribution in [0.4, 0.5) is 0 Å². The van der Waals surface area contributed by atoms with Crippen LogP contribution in [0.2, 0.25) is 0 Å². The number of nitrogens with two attached hydrogens (primary N) is 1. The van der Waals surface area contributed by atoms with Crippen molar-refractivity contribution >= 4 is 5.91 Å². The van der Waals surface area contributed by atoms with E-state index in [1.807, 2.05) is 0 Å². The number of carbonyl (C=O) groups is 1. The summed E-state index contributed by atoms with van der Waals surface area (Å²) >= 11 is 0. The van der Waals surface area contributed by atoms with E-state index in [-0.39, 0.29) is 11.7 Å². The molecule has 0 spiro atoms. The Morgan fingerprint density at radius 3 is 2.78 bits per heavy atom. The number of aromatic hydroxyl groups is 1. The van der Waals surface area contributed by atoms with Gasteiger partial charge in [-0.25, -0.2) is 0 Å². The summed E-state index contributed by atoms with van der Waals surface area (Å²) in [6, 6.07) is 5.04. The third kappa shape index (κ3) is 2.41. The van der Waals surface area contributed by atoms with E-state index in [1.54, 1.807) is 30.1 Å². The van der Waals surface area contributed by atoms with E-state index in [0.29, 0.717) is 12.3 Å². The molecule has 0 radical (unpaired) electrons. The number of carbonyl (C=O) groups excluding carboxylic acids is 1. The number of nitrogens with zero attached hydrogens (tertiary/aromatic N) is 1. The molecular formula is C13H18N2O3. The fraction of sp³-hybridized carbons (Fsp3) is 0.462. The Morgan fingerprint density at radius 2 is 2.22 bits per heavy atom. The van der Waals surface area contributed by atoms with Gasteiger partial charge in [0.2, 0.25) is 5.91 Å². The SMILES string of the molecule is COc1cc(CN(C)C(=O)C2(N)CC2)ccc1O. The number of hydrogen-bond donors (Lipinski definition) is 2. The molecule has 1 aromatic carbocycles. The summed E-state index contributed by atoms with van der Waals surface area (Å²) in [5, 5.41) is 9.49. The van der Waals surface area contributed by atoms with Gasteiger partial charge >= 0.3 is 0 Å². The Hall–Kier alpha value is -1.75. The molecule has 0 aromatic heterocycles. The molecule has 0 unspecified atom stereocenters. The van der Waals surface area contributed by atoms with Crippen LogP contribution in [0.15, 0.2) is 18.2 Å². The lowest BCUT2D eigenvalue weighted by molar-refractivity contribution is -0.132. The van der Waals surface area contributed by atoms with Crippen molar-refractivity contribution in [2.45, 2.75) is 24.9 Å². The molecule has 5 nitrogen and oxygen atoms in total. The average Bonchev–Trinajstić information content (AvgIpc) is 3.10. The lowest BCUT2D eigenvalue weighted by atomic mass is 10.1. The van der Waals surface area contributed by atoms with Crippen molar-refractivity contribution in [3.63, 3.8) is 0 Å². The van der Waals surface area contributed by atoms with E-state index in [2.05, 4.69) is 0 Å². The maximum atomic E-state index is 12.0. The quantitative estimate of drug-likeness (QED) is 0.830. The van der Waals surface area contributed by atoms with Crippen LogP contribution in [0, 0.1) is 0 Å². The van der Waals surface area contributed by atoms with E-state index in [9.17, 15) is 9.90 Å². The van der Waals surface area contributed by atoms with Crippen LogP contribution in [0.1, 0.15) is 18.4 Å². The molecule has 1 saturated carbocycles. The predicted octanol–water partition coefficient (Wildman–Crippen LogP) is 0.850. The van der Waals surface area contributed by atoms with Crippen molar-refractivity contribution in [2.24, 2.45) is 5.73 Å². The lowest BCUT2D eigenvalue weighted by Crippen LogP contribution is -2.43. The van der Waals surface area contributed by atoms with Crippen LogP contribution in [0.5, 0.6) is 11.5 Å². The number of methoxy groups -OCH3 is 1. The third-order valence-corrected chi connectivity index (χ3v) is 3.23. The van der Waals surface area contributed by atoms with E-state index in [1.165, 1.54) is 7.11 Å². The zero-order valence-corrected chi connectivity index (χ0v) is 10.6. The van der Waals surface area contributed by atoms with Crippen molar-refractivity contribution < 1.29 is 14.6 Å². The van der Waals surface area contributed by atoms with Crippen LogP contribution in [-0.4, -0.2) is 35.6 Å². The van der Waals surface area contributed by atoms with Gasteiger partial charge in [0.15, 0.2) is 11.5 Å². The van der Waals surface area contributed by atoms with Crippen LogP contribution in [0.25, 0.3) is 0 Å². The van der Waals surface area contributed by atoms with Gasteiger partial charge in [-0.15, -0.1) is 0 Å². The maximum absolute atomic E-state index is 12.0. The van der Waals surface area contributed by atoms with Crippen LogP contribution in [0.3, 0.4) is 0 Å². The fourth-order valence-electron chi connectivity index (χ4n) is 1.89. The van der Waals surface area contributed by atoms with E-state index in [4.69, 9.17) is 10.5 Å². The second kappa shape index (κ2) is 4.49. The maximum Gasteiger partial charge on any atom is 0.242 e. The highest BCUT2D eigenvalue weighted by Crippen LogP contribution is 2.34. The van der Waals surface area contributed by atoms with Gasteiger partial charge in [-0.2, -0.15) is 0 Å². The molecule has 2 rings (SSSR count). The second-order valence-electron chi connectivity index (χ2n) is 4.82. The first-order valence-electron chi connectivity index (χ1n) is 5.86. The Balaban J connectivity index is 2.07. The fourth-order valence-corrected chi connectivity index (χ4v) is 1.89. The number of phenols is 1. The zero-order valence-electron chi connectivity index (χ0n) is 10.6. The third-order valence-electron chi connectivity index (χ3n) is 3.23. The predicted molar refractivity (Wildman–Crippen MR) is 67.3 cm³/mol. The Bertz CT molecular complexity index is 469. The average molecular weight is 250 g/mol. The molecule has 0 aliphatic heterocycles. The van der Waals surface area contributed by atoms with E-state index < -0.39 is 5.54 Å². The number of likely N-dealkylation sites (N-methyl/N-ethyl adjacent to an activating group) is 1. The Morgan fingerprint density at radius 1 is 1.56 bits per heavy atom. The minimum absolute atomic E-state index is 0.0328. The molecule has 1 aromatic rings. The summed E-state index contributed by atoms with van der Waals surface area (Å²) in [4.78, 5) is 13.6. The molecule has 98 valence electrons. The van der Waals surface area contributed by atoms with Gasteiger partial charge in [0.05, 0.1) is 12.6 Å². The topological polar surface area (TPSA) is 75.8 Å². The zero-order chi connectivity index (χ0) is 13.3. The standard InChI is InChI=1S/C13H18N2O3/c1-15(12(17)13(14)5-6-13)8-9-3-4-10(16)11(7-9)18-2/h3-4,7,16H,5-6,8,14H2,1-2H3. The lowest BCUT2D eigenvalue weighted by Gasteiger charge is -2.21. The van der Waals surface area contributed by atoms with Crippen molar-refractivity contribution in [1.29, 1.82) is 0 Å². The summed E-state index contributed by atoms with van der Waals surface area (Å²) in [7, 11) is 3.22. The van der Waals surface area contributed by atoms with Crippen LogP contribution < -0.4 is 10.5 Å². The normalized spacial score (nSPS) is 16.2. The summed E-state index contributed by atoms with van der Waals surface area (Å²) in [6.45, 7) is 0.453. The monoisotopic (exact) mass is 250 g/mol. The number of rotatable bonds is 4. The Kier molecular flexibility index (Phi) is 3.17. The molecule has 0 heterocycles. The minimum atomic E-state index is -0.643. The van der Waals surface area contributed by atoms with Gasteiger partial charge in [0.25, 0.3) is 0 Å². The van der Waals surface area contributed by atoms with Crippen LogP contribution >= 0.6 is 0 Å². The van der Waals surface area contributed by atoms with Crippen molar-refractivity contribution in [2.75, 3.05) is 14.2 Å². The molecule has 1 fully saturated rings. The summed E-state index contributed by atoms with van der Waals surface area (Å²) in [6.07, 6.45) is 1.52. The smallest absolute Gasteiger partial charge is 0.242 e. The molecule has 3 N–H and O–H groups in total. The molecule has 1 aliphatic rings. The Labute approximate surface area is 106 Å². The highest BCUT2D eigenvalue weighted by Gasteiger charge is 2.47. The molecule has 0 atom stereocenters. The summed E-state index contributed by atoms with van der Waals surface area (Å²) < 4.78 is 5.03. The summed E-state index contributed by atoms with van der Waals surface area (Å²) in [5.41, 5.74) is 6.12. The number of phenolic OH excluding ortho intramolecular Hbond substituents is 1. The van der Waals surface area contributed by atoms with Gasteiger partial charge in [-0.05, 0) is 30.5 Å². The van der Waals surface area contributed by atoms with Crippen molar-refractivity contribution in [3.8, 4) is 11.5 Å². The number of ether oxygens (including phenoxy) is 1. The van der Waals surface area contributed by atoms with Crippen molar-refractivity contribution in [3.05, 3.63) is 23.8 Å². The van der Waals surface area contributed by atoms with Crippen molar-refractivity contribution in [1.82, 2.24) is 4.90 Å². The molecule has 0 bridgehead atoms. The van der Waals surface area contributed by atoms with E-state index >= 15 is 0 Å². The molecule has 1 amide bonds. The van der Waals surface area contributed by atoms with Gasteiger partial charge in [0, 0.05) is 13.6 Å². The molecular weight excluding hydrogens is 232 g/mol. The number of hydrogen-bond acceptors (Lipinski definition) is 4.